The van der Waals surface area contributed by atoms with Gasteiger partial charge in [0.15, 0.2) is 11.4 Å². The molecule has 7 N–H and O–H groups in total. The summed E-state index contributed by atoms with van der Waals surface area (Å²) in [7, 11) is 2.95. The first-order valence-electron chi connectivity index (χ1n) is 12.7. The summed E-state index contributed by atoms with van der Waals surface area (Å²) in [5.41, 5.74) is 2.53. The van der Waals surface area contributed by atoms with Crippen LogP contribution in [-0.2, 0) is 26.2 Å². The lowest BCUT2D eigenvalue weighted by molar-refractivity contribution is -0.169. The number of aliphatic hydroxyl groups excluding tert-OH is 3. The number of phenols is 1. The smallest absolute Gasteiger partial charge is 0.255 e. The van der Waals surface area contributed by atoms with Gasteiger partial charge in [-0.1, -0.05) is 40.7 Å². The van der Waals surface area contributed by atoms with Crippen molar-refractivity contribution in [1.82, 2.24) is 4.90 Å². The number of carbonyl (C=O) groups is 3. The number of likely N-dealkylation sites (N-methyl/N-ethyl adjacent to an activating group) is 1. The Bertz CT molecular complexity index is 1340. The molecular formula is C28H36N2O8. The predicted octanol–water partition coefficient (Wildman–Crippen LogP) is 1.36. The van der Waals surface area contributed by atoms with Crippen molar-refractivity contribution in [3.8, 4) is 5.75 Å². The summed E-state index contributed by atoms with van der Waals surface area (Å²) in [5.74, 6) is -8.80. The number of nitrogens with two attached hydrogens (primary N) is 1. The van der Waals surface area contributed by atoms with Crippen LogP contribution in [0.4, 0.5) is 0 Å². The summed E-state index contributed by atoms with van der Waals surface area (Å²) in [5, 5.41) is 57.4. The third-order valence-electron chi connectivity index (χ3n) is 8.50. The van der Waals surface area contributed by atoms with Crippen molar-refractivity contribution in [2.75, 3.05) is 14.1 Å². The van der Waals surface area contributed by atoms with Gasteiger partial charge in [0.25, 0.3) is 5.91 Å². The Hall–Kier alpha value is -3.21. The van der Waals surface area contributed by atoms with Gasteiger partial charge in [-0.3, -0.25) is 19.3 Å². The van der Waals surface area contributed by atoms with Crippen LogP contribution < -0.4 is 5.73 Å². The highest BCUT2D eigenvalue weighted by Crippen LogP contribution is 2.57. The van der Waals surface area contributed by atoms with Gasteiger partial charge in [0, 0.05) is 17.1 Å². The van der Waals surface area contributed by atoms with Crippen LogP contribution in [0.5, 0.6) is 5.75 Å². The third-order valence-corrected chi connectivity index (χ3v) is 8.50. The van der Waals surface area contributed by atoms with Crippen LogP contribution in [0.3, 0.4) is 0 Å². The van der Waals surface area contributed by atoms with Crippen LogP contribution >= 0.6 is 0 Å². The SMILES string of the molecule is CCc1cc(C(C)(C)C)c(O)c2c1C(C)[C@@H]1C(=C2O)C(=O)[C@]2(O)C(O)=C(C(N)=O)C(=O)[C@@H](N(C)C)[C@@H]2[C@H]1O. The summed E-state index contributed by atoms with van der Waals surface area (Å²) < 4.78 is 0. The lowest BCUT2D eigenvalue weighted by Crippen LogP contribution is -2.70. The zero-order chi connectivity index (χ0) is 28.8. The number of rotatable bonds is 3. The van der Waals surface area contributed by atoms with Crippen molar-refractivity contribution in [3.63, 3.8) is 0 Å². The molecule has 1 saturated carbocycles. The number of ketones is 2. The van der Waals surface area contributed by atoms with E-state index in [2.05, 4.69) is 0 Å². The Labute approximate surface area is 221 Å². The number of aromatic hydroxyl groups is 1. The highest BCUT2D eigenvalue weighted by molar-refractivity contribution is 6.24. The summed E-state index contributed by atoms with van der Waals surface area (Å²) in [4.78, 5) is 40.8. The largest absolute Gasteiger partial charge is 0.508 e. The van der Waals surface area contributed by atoms with Gasteiger partial charge in [-0.15, -0.1) is 0 Å². The molecule has 0 heterocycles. The van der Waals surface area contributed by atoms with Gasteiger partial charge >= 0.3 is 0 Å². The monoisotopic (exact) mass is 528 g/mol. The molecular weight excluding hydrogens is 492 g/mol. The maximum absolute atomic E-state index is 14.1. The number of fused-ring (bicyclic) bond motifs is 3. The van der Waals surface area contributed by atoms with Crippen molar-refractivity contribution in [3.05, 3.63) is 45.2 Å². The van der Waals surface area contributed by atoms with Crippen LogP contribution in [-0.4, -0.2) is 79.7 Å². The molecule has 3 aliphatic rings. The van der Waals surface area contributed by atoms with Gasteiger partial charge in [-0.05, 0) is 43.0 Å². The van der Waals surface area contributed by atoms with E-state index in [1.54, 1.807) is 6.92 Å². The molecule has 10 heteroatoms. The lowest BCUT2D eigenvalue weighted by Gasteiger charge is -2.54. The van der Waals surface area contributed by atoms with E-state index in [0.29, 0.717) is 17.5 Å². The first kappa shape index (κ1) is 27.8. The van der Waals surface area contributed by atoms with Gasteiger partial charge in [0.05, 0.1) is 23.6 Å². The van der Waals surface area contributed by atoms with Gasteiger partial charge in [-0.2, -0.15) is 0 Å². The minimum atomic E-state index is -2.92. The zero-order valence-electron chi connectivity index (χ0n) is 22.7. The number of hydrogen-bond acceptors (Lipinski definition) is 9. The second kappa shape index (κ2) is 8.65. The molecule has 0 spiro atoms. The average Bonchev–Trinajstić information content (AvgIpc) is 2.80. The summed E-state index contributed by atoms with van der Waals surface area (Å²) >= 11 is 0. The fraction of sp³-hybridized carbons (Fsp3) is 0.536. The Kier molecular flexibility index (Phi) is 6.34. The molecule has 0 radical (unpaired) electrons. The number of amides is 1. The molecule has 0 aliphatic heterocycles. The Morgan fingerprint density at radius 3 is 2.21 bits per heavy atom. The molecule has 1 fully saturated rings. The van der Waals surface area contributed by atoms with Gasteiger partial charge < -0.3 is 31.3 Å². The summed E-state index contributed by atoms with van der Waals surface area (Å²) in [6, 6.07) is 0.480. The maximum atomic E-state index is 14.1. The molecule has 3 aliphatic carbocycles. The topological polar surface area (TPSA) is 182 Å². The highest BCUT2D eigenvalue weighted by Gasteiger charge is 2.68. The van der Waals surface area contributed by atoms with Crippen LogP contribution in [0.2, 0.25) is 0 Å². The molecule has 0 aromatic heterocycles. The predicted molar refractivity (Wildman–Crippen MR) is 138 cm³/mol. The number of Topliss-reactive ketones (excluding diaryl/α,β-unsaturated/α-hetero) is 2. The standard InChI is InChI=1S/C28H36N2O8/c1-8-11-9-12(27(3,4)5)20(31)15-13(11)10(2)14-16(21(15)32)24(35)28(38)18(22(14)33)19(30(6)7)23(34)17(25(28)36)26(29)37/h9-10,14,18-19,22,31-33,36,38H,8H2,1-7H3,(H2,29,37)/t10?,14-,18-,19+,22+,28+/m1/s1. The number of aliphatic hydroxyl groups is 4. The van der Waals surface area contributed by atoms with Crippen LogP contribution in [0.15, 0.2) is 23.0 Å². The lowest BCUT2D eigenvalue weighted by atomic mass is 9.54. The van der Waals surface area contributed by atoms with Crippen molar-refractivity contribution in [2.24, 2.45) is 17.6 Å². The van der Waals surface area contributed by atoms with E-state index >= 15 is 0 Å². The van der Waals surface area contributed by atoms with Crippen LogP contribution in [0.25, 0.3) is 5.76 Å². The molecule has 0 bridgehead atoms. The number of carbonyl (C=O) groups excluding carboxylic acids is 3. The average molecular weight is 529 g/mol. The highest BCUT2D eigenvalue weighted by atomic mass is 16.4. The van der Waals surface area contributed by atoms with Crippen LogP contribution in [0.1, 0.15) is 62.8 Å². The van der Waals surface area contributed by atoms with E-state index in [1.165, 1.54) is 19.0 Å². The second-order valence-corrected chi connectivity index (χ2v) is 11.9. The molecule has 4 rings (SSSR count). The van der Waals surface area contributed by atoms with Gasteiger partial charge in [0.2, 0.25) is 5.78 Å². The first-order valence-corrected chi connectivity index (χ1v) is 12.7. The summed E-state index contributed by atoms with van der Waals surface area (Å²) in [6.45, 7) is 9.34. The Morgan fingerprint density at radius 2 is 1.74 bits per heavy atom. The first-order chi connectivity index (χ1) is 17.4. The van der Waals surface area contributed by atoms with Crippen LogP contribution in [0, 0.1) is 11.8 Å². The maximum Gasteiger partial charge on any atom is 0.255 e. The molecule has 0 saturated heterocycles. The minimum Gasteiger partial charge on any atom is -0.508 e. The van der Waals surface area contributed by atoms with E-state index < -0.39 is 75.5 Å². The molecule has 10 nitrogen and oxygen atoms in total. The number of primary amides is 1. The van der Waals surface area contributed by atoms with Crippen molar-refractivity contribution < 1.29 is 39.9 Å². The number of nitrogens with zero attached hydrogens (tertiary/aromatic N) is 1. The van der Waals surface area contributed by atoms with Crippen molar-refractivity contribution in [2.45, 2.75) is 70.1 Å². The number of phenolic OH excluding ortho intramolecular Hbond substituents is 1. The Balaban J connectivity index is 2.11. The zero-order valence-corrected chi connectivity index (χ0v) is 22.7. The van der Waals surface area contributed by atoms with Crippen molar-refractivity contribution >= 4 is 23.2 Å². The molecule has 1 aromatic carbocycles. The van der Waals surface area contributed by atoms with E-state index in [9.17, 15) is 39.9 Å². The molecule has 1 amide bonds. The van der Waals surface area contributed by atoms with E-state index in [4.69, 9.17) is 5.73 Å². The van der Waals surface area contributed by atoms with Crippen molar-refractivity contribution in [1.29, 1.82) is 0 Å². The fourth-order valence-corrected chi connectivity index (χ4v) is 6.73. The molecule has 6 atom stereocenters. The molecule has 206 valence electrons. The second-order valence-electron chi connectivity index (χ2n) is 11.9. The molecule has 1 unspecified atom stereocenters. The molecule has 38 heavy (non-hydrogen) atoms. The number of benzene rings is 1. The fourth-order valence-electron chi connectivity index (χ4n) is 6.73. The third kappa shape index (κ3) is 3.40. The molecule has 1 aromatic rings. The number of hydrogen-bond donors (Lipinski definition) is 6. The Morgan fingerprint density at radius 1 is 1.16 bits per heavy atom. The quantitative estimate of drug-likeness (QED) is 0.316. The van der Waals surface area contributed by atoms with Gasteiger partial charge in [0.1, 0.15) is 22.8 Å². The summed E-state index contributed by atoms with van der Waals surface area (Å²) in [6.07, 6.45) is -1.08. The van der Waals surface area contributed by atoms with Gasteiger partial charge in [-0.25, -0.2) is 0 Å². The number of aryl methyl sites for hydroxylation is 1. The minimum absolute atomic E-state index is 0.0327. The van der Waals surface area contributed by atoms with E-state index in [-0.39, 0.29) is 16.9 Å². The normalized spacial score (nSPS) is 31.4. The van der Waals surface area contributed by atoms with E-state index in [0.717, 1.165) is 5.56 Å². The van der Waals surface area contributed by atoms with E-state index in [1.807, 2.05) is 33.8 Å².